The van der Waals surface area contributed by atoms with Crippen LogP contribution in [0.4, 0.5) is 0 Å². The molecule has 0 saturated heterocycles. The van der Waals surface area contributed by atoms with E-state index in [4.69, 9.17) is 0 Å². The standard InChI is InChI=1S/C18H25NSi/c1-13-11-17(20(5,6)18(2,3)4)19-15-10-8-7-9-14(15)12-16(13)19/h7-12,17H,1-6H3. The topological polar surface area (TPSA) is 4.93 Å². The predicted molar refractivity (Wildman–Crippen MR) is 91.8 cm³/mol. The molecule has 1 aromatic heterocycles. The van der Waals surface area contributed by atoms with Gasteiger partial charge in [0.2, 0.25) is 0 Å². The number of hydrogen-bond acceptors (Lipinski definition) is 0. The molecular weight excluding hydrogens is 258 g/mol. The molecular formula is C18H25NSi. The largest absolute Gasteiger partial charge is 0.337 e. The Balaban J connectivity index is 2.25. The number of aromatic nitrogens is 1. The molecule has 1 nitrogen and oxygen atoms in total. The molecule has 0 radical (unpaired) electrons. The summed E-state index contributed by atoms with van der Waals surface area (Å²) < 4.78 is 2.60. The van der Waals surface area contributed by atoms with Gasteiger partial charge in [-0.3, -0.25) is 0 Å². The summed E-state index contributed by atoms with van der Waals surface area (Å²) >= 11 is 0. The minimum absolute atomic E-state index is 0.390. The molecule has 1 aromatic carbocycles. The summed E-state index contributed by atoms with van der Waals surface area (Å²) in [6.45, 7) is 14.6. The molecule has 0 aliphatic carbocycles. The Kier molecular flexibility index (Phi) is 2.81. The van der Waals surface area contributed by atoms with Crippen molar-refractivity contribution in [1.82, 2.24) is 4.57 Å². The van der Waals surface area contributed by atoms with Gasteiger partial charge in [-0.2, -0.15) is 0 Å². The predicted octanol–water partition coefficient (Wildman–Crippen LogP) is 5.65. The summed E-state index contributed by atoms with van der Waals surface area (Å²) in [6, 6.07) is 11.2. The Morgan fingerprint density at radius 2 is 1.75 bits per heavy atom. The van der Waals surface area contributed by atoms with Gasteiger partial charge >= 0.3 is 0 Å². The Morgan fingerprint density at radius 1 is 1.10 bits per heavy atom. The maximum absolute atomic E-state index is 2.60. The fourth-order valence-electron chi connectivity index (χ4n) is 3.15. The summed E-state index contributed by atoms with van der Waals surface area (Å²) in [4.78, 5) is 0. The molecule has 0 spiro atoms. The summed E-state index contributed by atoms with van der Waals surface area (Å²) in [6.07, 6.45) is 2.51. The van der Waals surface area contributed by atoms with E-state index in [1.165, 1.54) is 22.2 Å². The molecule has 1 unspecified atom stereocenters. The molecule has 1 aliphatic heterocycles. The van der Waals surface area contributed by atoms with Crippen molar-refractivity contribution in [2.75, 3.05) is 0 Å². The molecule has 0 N–H and O–H groups in total. The first-order chi connectivity index (χ1) is 9.23. The molecule has 0 fully saturated rings. The van der Waals surface area contributed by atoms with Crippen LogP contribution in [0.1, 0.15) is 39.1 Å². The number of rotatable bonds is 1. The fraction of sp³-hybridized carbons (Fsp3) is 0.444. The average Bonchev–Trinajstić information content (AvgIpc) is 2.86. The SMILES string of the molecule is CC1=CC([Si](C)(C)C(C)(C)C)n2c1cc1ccccc12. The van der Waals surface area contributed by atoms with Gasteiger partial charge < -0.3 is 4.57 Å². The van der Waals surface area contributed by atoms with Crippen LogP contribution in [0, 0.1) is 0 Å². The highest BCUT2D eigenvalue weighted by Crippen LogP contribution is 2.48. The van der Waals surface area contributed by atoms with E-state index in [1.807, 2.05) is 0 Å². The Bertz CT molecular complexity index is 698. The molecule has 0 bridgehead atoms. The van der Waals surface area contributed by atoms with Gasteiger partial charge in [0.15, 0.2) is 0 Å². The highest BCUT2D eigenvalue weighted by molar-refractivity contribution is 6.81. The van der Waals surface area contributed by atoms with Crippen LogP contribution in [-0.2, 0) is 0 Å². The van der Waals surface area contributed by atoms with Gasteiger partial charge in [0.1, 0.15) is 0 Å². The second-order valence-electron chi connectivity index (χ2n) is 7.72. The molecule has 0 amide bonds. The molecule has 106 valence electrons. The smallest absolute Gasteiger partial charge is 0.0842 e. The molecule has 1 atom stereocenters. The van der Waals surface area contributed by atoms with Crippen molar-refractivity contribution < 1.29 is 0 Å². The highest BCUT2D eigenvalue weighted by atomic mass is 28.3. The van der Waals surface area contributed by atoms with Crippen molar-refractivity contribution in [1.29, 1.82) is 0 Å². The van der Waals surface area contributed by atoms with E-state index in [0.29, 0.717) is 10.7 Å². The third kappa shape index (κ3) is 1.74. The number of benzene rings is 1. The first-order valence-corrected chi connectivity index (χ1v) is 10.6. The molecule has 0 saturated carbocycles. The Hall–Kier alpha value is -1.28. The van der Waals surface area contributed by atoms with Crippen molar-refractivity contribution in [2.24, 2.45) is 0 Å². The van der Waals surface area contributed by atoms with Crippen molar-refractivity contribution in [3.63, 3.8) is 0 Å². The average molecular weight is 283 g/mol. The van der Waals surface area contributed by atoms with Gasteiger partial charge in [-0.25, -0.2) is 0 Å². The van der Waals surface area contributed by atoms with E-state index in [9.17, 15) is 0 Å². The second-order valence-corrected chi connectivity index (χ2v) is 13.3. The molecule has 1 aliphatic rings. The van der Waals surface area contributed by atoms with Gasteiger partial charge in [-0.05, 0) is 29.7 Å². The summed E-state index contributed by atoms with van der Waals surface area (Å²) in [5.74, 6) is 0. The van der Waals surface area contributed by atoms with Crippen LogP contribution in [0.5, 0.6) is 0 Å². The van der Waals surface area contributed by atoms with Gasteiger partial charge in [0.05, 0.1) is 8.07 Å². The zero-order valence-corrected chi connectivity index (χ0v) is 14.5. The number of allylic oxidation sites excluding steroid dienone is 2. The molecule has 2 heterocycles. The lowest BCUT2D eigenvalue weighted by molar-refractivity contribution is 0.667. The quantitative estimate of drug-likeness (QED) is 0.596. The van der Waals surface area contributed by atoms with Crippen LogP contribution in [0.25, 0.3) is 16.5 Å². The lowest BCUT2D eigenvalue weighted by Gasteiger charge is -2.42. The Labute approximate surface area is 123 Å². The van der Waals surface area contributed by atoms with Crippen LogP contribution < -0.4 is 0 Å². The number of nitrogens with zero attached hydrogens (tertiary/aromatic N) is 1. The third-order valence-electron chi connectivity index (χ3n) is 5.51. The van der Waals surface area contributed by atoms with Gasteiger partial charge in [-0.1, -0.05) is 58.1 Å². The lowest BCUT2D eigenvalue weighted by atomic mass is 10.2. The van der Waals surface area contributed by atoms with Crippen molar-refractivity contribution in [2.45, 2.75) is 51.5 Å². The zero-order valence-electron chi connectivity index (χ0n) is 13.5. The van der Waals surface area contributed by atoms with E-state index in [2.05, 4.69) is 81.8 Å². The Morgan fingerprint density at radius 3 is 2.40 bits per heavy atom. The van der Waals surface area contributed by atoms with Crippen LogP contribution in [-0.4, -0.2) is 12.6 Å². The van der Waals surface area contributed by atoms with E-state index >= 15 is 0 Å². The van der Waals surface area contributed by atoms with E-state index in [0.717, 1.165) is 0 Å². The first kappa shape index (κ1) is 13.7. The number of hydrogen-bond donors (Lipinski definition) is 0. The fourth-order valence-corrected chi connectivity index (χ4v) is 5.63. The zero-order chi connectivity index (χ0) is 14.7. The van der Waals surface area contributed by atoms with Crippen LogP contribution in [0.3, 0.4) is 0 Å². The summed E-state index contributed by atoms with van der Waals surface area (Å²) in [7, 11) is -1.46. The van der Waals surface area contributed by atoms with Crippen molar-refractivity contribution in [3.8, 4) is 0 Å². The lowest BCUT2D eigenvalue weighted by Crippen LogP contribution is -2.45. The minimum Gasteiger partial charge on any atom is -0.337 e. The van der Waals surface area contributed by atoms with Gasteiger partial charge in [0.25, 0.3) is 0 Å². The van der Waals surface area contributed by atoms with E-state index < -0.39 is 8.07 Å². The normalized spacial score (nSPS) is 19.3. The minimum atomic E-state index is -1.46. The number of para-hydroxylation sites is 1. The first-order valence-electron chi connectivity index (χ1n) is 7.52. The number of fused-ring (bicyclic) bond motifs is 3. The maximum atomic E-state index is 2.60. The van der Waals surface area contributed by atoms with Gasteiger partial charge in [0, 0.05) is 22.3 Å². The molecule has 3 rings (SSSR count). The van der Waals surface area contributed by atoms with Crippen LogP contribution in [0.15, 0.2) is 36.4 Å². The van der Waals surface area contributed by atoms with Crippen molar-refractivity contribution in [3.05, 3.63) is 42.1 Å². The van der Waals surface area contributed by atoms with Crippen LogP contribution in [0.2, 0.25) is 18.1 Å². The van der Waals surface area contributed by atoms with E-state index in [1.54, 1.807) is 0 Å². The monoisotopic (exact) mass is 283 g/mol. The van der Waals surface area contributed by atoms with E-state index in [-0.39, 0.29) is 0 Å². The van der Waals surface area contributed by atoms with Gasteiger partial charge in [-0.15, -0.1) is 0 Å². The maximum Gasteiger partial charge on any atom is 0.0842 e. The summed E-state index contributed by atoms with van der Waals surface area (Å²) in [5, 5.41) is 1.76. The summed E-state index contributed by atoms with van der Waals surface area (Å²) in [5.41, 5.74) is 4.82. The highest BCUT2D eigenvalue weighted by Gasteiger charge is 2.44. The van der Waals surface area contributed by atoms with Crippen LogP contribution >= 0.6 is 0 Å². The second kappa shape index (κ2) is 4.11. The van der Waals surface area contributed by atoms with Crippen molar-refractivity contribution >= 4 is 24.5 Å². The molecule has 20 heavy (non-hydrogen) atoms. The third-order valence-corrected chi connectivity index (χ3v) is 11.3. The molecule has 2 aromatic rings. The molecule has 2 heteroatoms.